The molecule has 2 amide bonds. The van der Waals surface area contributed by atoms with Crippen LogP contribution in [0.2, 0.25) is 0 Å². The minimum absolute atomic E-state index is 0.0236. The van der Waals surface area contributed by atoms with Crippen LogP contribution in [0.25, 0.3) is 0 Å². The number of nitrogens with zero attached hydrogens (tertiary/aromatic N) is 1. The summed E-state index contributed by atoms with van der Waals surface area (Å²) in [6.07, 6.45) is 1.60. The number of carbonyl (C=O) groups is 2. The number of hydrogen-bond acceptors (Lipinski definition) is 3. The Morgan fingerprint density at radius 2 is 2.14 bits per heavy atom. The SMILES string of the molecule is CCC1(C)C(=O)NCC(=O)N1CC1Cc2ccccc2S1. The highest BCUT2D eigenvalue weighted by molar-refractivity contribution is 8.00. The number of nitrogens with one attached hydrogen (secondary N) is 1. The molecule has 0 aromatic heterocycles. The molecule has 1 aromatic rings. The number of amides is 2. The molecule has 3 rings (SSSR count). The normalized spacial score (nSPS) is 28.5. The summed E-state index contributed by atoms with van der Waals surface area (Å²) in [4.78, 5) is 27.5. The van der Waals surface area contributed by atoms with Gasteiger partial charge in [0.2, 0.25) is 11.8 Å². The summed E-state index contributed by atoms with van der Waals surface area (Å²) in [5.41, 5.74) is 0.629. The van der Waals surface area contributed by atoms with Crippen LogP contribution < -0.4 is 5.32 Å². The van der Waals surface area contributed by atoms with Crippen molar-refractivity contribution in [1.82, 2.24) is 10.2 Å². The van der Waals surface area contributed by atoms with Crippen LogP contribution in [0, 0.1) is 0 Å². The first kappa shape index (κ1) is 14.4. The Balaban J connectivity index is 1.77. The lowest BCUT2D eigenvalue weighted by molar-refractivity contribution is -0.152. The topological polar surface area (TPSA) is 49.4 Å². The molecule has 1 saturated heterocycles. The second-order valence-corrected chi connectivity index (χ2v) is 7.21. The van der Waals surface area contributed by atoms with E-state index in [1.165, 1.54) is 10.5 Å². The molecular formula is C16H20N2O2S. The van der Waals surface area contributed by atoms with Gasteiger partial charge in [-0.15, -0.1) is 11.8 Å². The molecule has 2 aliphatic rings. The molecule has 0 radical (unpaired) electrons. The number of carbonyl (C=O) groups excluding carboxylic acids is 2. The van der Waals surface area contributed by atoms with Gasteiger partial charge in [0.05, 0.1) is 6.54 Å². The second kappa shape index (κ2) is 5.37. The maximum atomic E-state index is 12.3. The van der Waals surface area contributed by atoms with Crippen molar-refractivity contribution in [1.29, 1.82) is 0 Å². The smallest absolute Gasteiger partial charge is 0.246 e. The van der Waals surface area contributed by atoms with Crippen molar-refractivity contribution < 1.29 is 9.59 Å². The summed E-state index contributed by atoms with van der Waals surface area (Å²) in [5.74, 6) is -0.0133. The van der Waals surface area contributed by atoms with Gasteiger partial charge >= 0.3 is 0 Å². The summed E-state index contributed by atoms with van der Waals surface area (Å²) in [6.45, 7) is 4.59. The summed E-state index contributed by atoms with van der Waals surface area (Å²) in [7, 11) is 0. The summed E-state index contributed by atoms with van der Waals surface area (Å²) in [6, 6.07) is 8.37. The third-order valence-corrected chi connectivity index (χ3v) is 5.88. The van der Waals surface area contributed by atoms with Crippen molar-refractivity contribution in [3.05, 3.63) is 29.8 Å². The highest BCUT2D eigenvalue weighted by atomic mass is 32.2. The van der Waals surface area contributed by atoms with E-state index in [9.17, 15) is 9.59 Å². The van der Waals surface area contributed by atoms with Gasteiger partial charge in [0.25, 0.3) is 0 Å². The van der Waals surface area contributed by atoms with Crippen molar-refractivity contribution in [2.24, 2.45) is 0 Å². The molecule has 5 heteroatoms. The van der Waals surface area contributed by atoms with E-state index in [0.717, 1.165) is 6.42 Å². The Morgan fingerprint density at radius 1 is 1.38 bits per heavy atom. The Morgan fingerprint density at radius 3 is 2.86 bits per heavy atom. The molecule has 2 heterocycles. The fourth-order valence-corrected chi connectivity index (χ4v) is 4.36. The van der Waals surface area contributed by atoms with Gasteiger partial charge in [-0.25, -0.2) is 0 Å². The zero-order chi connectivity index (χ0) is 15.0. The number of benzene rings is 1. The molecular weight excluding hydrogens is 284 g/mol. The number of thioether (sulfide) groups is 1. The van der Waals surface area contributed by atoms with E-state index < -0.39 is 5.54 Å². The lowest BCUT2D eigenvalue weighted by atomic mass is 9.92. The first-order valence-corrected chi connectivity index (χ1v) is 8.26. The number of rotatable bonds is 3. The molecule has 21 heavy (non-hydrogen) atoms. The monoisotopic (exact) mass is 304 g/mol. The van der Waals surface area contributed by atoms with Gasteiger partial charge in [-0.2, -0.15) is 0 Å². The Kier molecular flexibility index (Phi) is 3.69. The van der Waals surface area contributed by atoms with Gasteiger partial charge < -0.3 is 10.2 Å². The van der Waals surface area contributed by atoms with Crippen molar-refractivity contribution in [3.63, 3.8) is 0 Å². The van der Waals surface area contributed by atoms with E-state index in [1.54, 1.807) is 4.90 Å². The average Bonchev–Trinajstić information content (AvgIpc) is 2.90. The molecule has 0 saturated carbocycles. The largest absolute Gasteiger partial charge is 0.345 e. The molecule has 0 spiro atoms. The van der Waals surface area contributed by atoms with Crippen LogP contribution >= 0.6 is 11.8 Å². The Labute approximate surface area is 129 Å². The third-order valence-electron chi connectivity index (χ3n) is 4.57. The van der Waals surface area contributed by atoms with E-state index in [0.29, 0.717) is 18.2 Å². The van der Waals surface area contributed by atoms with Crippen LogP contribution in [-0.2, 0) is 16.0 Å². The first-order valence-electron chi connectivity index (χ1n) is 7.38. The fraction of sp³-hybridized carbons (Fsp3) is 0.500. The maximum absolute atomic E-state index is 12.3. The molecule has 1 fully saturated rings. The molecule has 2 unspecified atom stereocenters. The predicted molar refractivity (Wildman–Crippen MR) is 83.2 cm³/mol. The lowest BCUT2D eigenvalue weighted by Crippen LogP contribution is -2.66. The molecule has 4 nitrogen and oxygen atoms in total. The second-order valence-electron chi connectivity index (χ2n) is 5.87. The zero-order valence-electron chi connectivity index (χ0n) is 12.4. The van der Waals surface area contributed by atoms with E-state index in [4.69, 9.17) is 0 Å². The van der Waals surface area contributed by atoms with Gasteiger partial charge in [0, 0.05) is 16.7 Å². The van der Waals surface area contributed by atoms with E-state index in [1.807, 2.05) is 31.7 Å². The maximum Gasteiger partial charge on any atom is 0.246 e. The fourth-order valence-electron chi connectivity index (χ4n) is 3.05. The number of hydrogen-bond donors (Lipinski definition) is 1. The van der Waals surface area contributed by atoms with Crippen LogP contribution in [0.1, 0.15) is 25.8 Å². The van der Waals surface area contributed by atoms with Crippen LogP contribution in [0.3, 0.4) is 0 Å². The van der Waals surface area contributed by atoms with Crippen LogP contribution in [0.15, 0.2) is 29.2 Å². The molecule has 1 N–H and O–H groups in total. The van der Waals surface area contributed by atoms with Gasteiger partial charge in [-0.1, -0.05) is 25.1 Å². The quantitative estimate of drug-likeness (QED) is 0.927. The standard InChI is InChI=1S/C16H20N2O2S/c1-3-16(2)15(20)17-9-14(19)18(16)10-12-8-11-6-4-5-7-13(11)21-12/h4-7,12H,3,8-10H2,1-2H3,(H,17,20). The first-order chi connectivity index (χ1) is 10.0. The van der Waals surface area contributed by atoms with Crippen LogP contribution in [0.5, 0.6) is 0 Å². The third kappa shape index (κ3) is 2.44. The molecule has 0 aliphatic carbocycles. The van der Waals surface area contributed by atoms with E-state index in [2.05, 4.69) is 23.5 Å². The Hall–Kier alpha value is -1.49. The van der Waals surface area contributed by atoms with Crippen LogP contribution in [0.4, 0.5) is 0 Å². The van der Waals surface area contributed by atoms with Gasteiger partial charge in [0.1, 0.15) is 5.54 Å². The van der Waals surface area contributed by atoms with Crippen molar-refractivity contribution in [2.45, 2.75) is 42.4 Å². The lowest BCUT2D eigenvalue weighted by Gasteiger charge is -2.44. The minimum Gasteiger partial charge on any atom is -0.345 e. The number of piperazine rings is 1. The van der Waals surface area contributed by atoms with Crippen molar-refractivity contribution in [3.8, 4) is 0 Å². The molecule has 0 bridgehead atoms. The Bertz CT molecular complexity index is 564. The highest BCUT2D eigenvalue weighted by Gasteiger charge is 2.45. The zero-order valence-corrected chi connectivity index (χ0v) is 13.2. The van der Waals surface area contributed by atoms with Crippen molar-refractivity contribution in [2.75, 3.05) is 13.1 Å². The van der Waals surface area contributed by atoms with E-state index >= 15 is 0 Å². The summed E-state index contributed by atoms with van der Waals surface area (Å²) < 4.78 is 0. The molecule has 1 aromatic carbocycles. The molecule has 2 atom stereocenters. The average molecular weight is 304 g/mol. The van der Waals surface area contributed by atoms with Crippen LogP contribution in [-0.4, -0.2) is 40.6 Å². The van der Waals surface area contributed by atoms with Gasteiger partial charge in [0.15, 0.2) is 0 Å². The van der Waals surface area contributed by atoms with Crippen molar-refractivity contribution >= 4 is 23.6 Å². The number of fused-ring (bicyclic) bond motifs is 1. The molecule has 2 aliphatic heterocycles. The summed E-state index contributed by atoms with van der Waals surface area (Å²) in [5, 5.41) is 3.04. The van der Waals surface area contributed by atoms with Gasteiger partial charge in [-0.05, 0) is 31.4 Å². The van der Waals surface area contributed by atoms with E-state index in [-0.39, 0.29) is 18.4 Å². The molecule has 112 valence electrons. The highest BCUT2D eigenvalue weighted by Crippen LogP contribution is 2.38. The predicted octanol–water partition coefficient (Wildman–Crippen LogP) is 1.83. The van der Waals surface area contributed by atoms with Gasteiger partial charge in [-0.3, -0.25) is 9.59 Å². The minimum atomic E-state index is -0.718. The summed E-state index contributed by atoms with van der Waals surface area (Å²) >= 11 is 1.82.